The van der Waals surface area contributed by atoms with Gasteiger partial charge in [0.15, 0.2) is 0 Å². The molecule has 0 bridgehead atoms. The van der Waals surface area contributed by atoms with E-state index in [9.17, 15) is 5.11 Å². The molecule has 0 aliphatic carbocycles. The molecule has 0 saturated heterocycles. The highest BCUT2D eigenvalue weighted by Gasteiger charge is 2.30. The highest BCUT2D eigenvalue weighted by atomic mass is 16.3. The van der Waals surface area contributed by atoms with Crippen LogP contribution in [0.2, 0.25) is 0 Å². The van der Waals surface area contributed by atoms with Crippen molar-refractivity contribution in [1.82, 2.24) is 9.55 Å². The van der Waals surface area contributed by atoms with Crippen molar-refractivity contribution in [3.63, 3.8) is 0 Å². The largest absolute Gasteiger partial charge is 0.402 e. The Morgan fingerprint density at radius 1 is 0.561 bits per heavy atom. The number of benzene rings is 5. The van der Waals surface area contributed by atoms with E-state index in [2.05, 4.69) is 4.98 Å². The predicted octanol–water partition coefficient (Wildman–Crippen LogP) is -4.21. The first kappa shape index (κ1) is 27.8. The third-order valence-electron chi connectivity index (χ3n) is 7.50. The summed E-state index contributed by atoms with van der Waals surface area (Å²) in [5.74, 6) is -0.129. The first-order valence-electron chi connectivity index (χ1n) is 12.5. The van der Waals surface area contributed by atoms with Crippen molar-refractivity contribution in [3.8, 4) is 16.8 Å². The minimum atomic E-state index is -2.41. The fraction of sp³-hybridized carbons (Fsp3) is 0.0357. The fourth-order valence-corrected chi connectivity index (χ4v) is 5.56. The number of rotatable bonds is 3. The molecule has 5 aromatic carbocycles. The van der Waals surface area contributed by atoms with Crippen molar-refractivity contribution in [2.24, 2.45) is 0 Å². The third kappa shape index (κ3) is 3.96. The zero-order valence-corrected chi connectivity index (χ0v) is 21.8. The third-order valence-corrected chi connectivity index (χ3v) is 7.50. The van der Waals surface area contributed by atoms with Crippen LogP contribution in [0.1, 0.15) is 5.82 Å². The molecule has 0 aliphatic rings. The summed E-state index contributed by atoms with van der Waals surface area (Å²) in [6.07, 6.45) is 0. The molecule has 6 rings (SSSR count). The Labute approximate surface area is 251 Å². The Kier molecular flexibility index (Phi) is 6.54. The van der Waals surface area contributed by atoms with Crippen LogP contribution in [0, 0.1) is 0 Å². The molecule has 0 saturated carbocycles. The van der Waals surface area contributed by atoms with Gasteiger partial charge in [-0.1, -0.05) is 64.3 Å². The van der Waals surface area contributed by atoms with Crippen LogP contribution < -0.4 is 43.7 Å². The summed E-state index contributed by atoms with van der Waals surface area (Å²) in [4.78, 5) is 4.55. The molecule has 0 spiro atoms. The molecule has 1 heterocycles. The van der Waals surface area contributed by atoms with Gasteiger partial charge in [-0.15, -0.1) is 21.9 Å². The Balaban J connectivity index is 2.08. The maximum absolute atomic E-state index is 10.9. The molecule has 0 unspecified atom stereocenters. The van der Waals surface area contributed by atoms with Crippen LogP contribution in [0.3, 0.4) is 0 Å². The van der Waals surface area contributed by atoms with E-state index in [1.807, 2.05) is 30.3 Å². The van der Waals surface area contributed by atoms with Crippen LogP contribution in [0.25, 0.3) is 49.4 Å². The number of imidazole rings is 1. The molecule has 6 aromatic rings. The van der Waals surface area contributed by atoms with Crippen LogP contribution in [0.15, 0.2) is 54.6 Å². The van der Waals surface area contributed by atoms with Crippen molar-refractivity contribution < 1.29 is 5.11 Å². The Hall–Kier alpha value is -3.30. The number of para-hydroxylation sites is 2. The minimum Gasteiger partial charge on any atom is -0.402 e. The standard InChI is InChI=1S/C28H10B10N2O/c29-18-14-13(10-6-2-1-3-7-10)15-17(21(32)25(36)23(34)19(15)30)26(16(14)20(31)24(35)22(18)33)40-12-9-5-4-8-11(12)39-27(40)28(37,38)41/h1-9,41H. The number of hydrogen-bond acceptors (Lipinski definition) is 2. The van der Waals surface area contributed by atoms with Gasteiger partial charge in [-0.2, -0.15) is 0 Å². The summed E-state index contributed by atoms with van der Waals surface area (Å²) in [6, 6.07) is 16.4. The molecule has 41 heavy (non-hydrogen) atoms. The van der Waals surface area contributed by atoms with Crippen LogP contribution in [0.5, 0.6) is 0 Å². The molecule has 1 aromatic heterocycles. The summed E-state index contributed by atoms with van der Waals surface area (Å²) in [6.45, 7) is 0. The average molecular weight is 499 g/mol. The van der Waals surface area contributed by atoms with Gasteiger partial charge in [0.1, 0.15) is 84.3 Å². The van der Waals surface area contributed by atoms with Gasteiger partial charge >= 0.3 is 0 Å². The second-order valence-corrected chi connectivity index (χ2v) is 9.98. The molecule has 0 atom stereocenters. The van der Waals surface area contributed by atoms with Crippen LogP contribution >= 0.6 is 0 Å². The maximum Gasteiger partial charge on any atom is 0.127 e. The summed E-state index contributed by atoms with van der Waals surface area (Å²) in [5, 5.41) is 10.0. The van der Waals surface area contributed by atoms with Gasteiger partial charge in [-0.3, -0.25) is 4.57 Å². The van der Waals surface area contributed by atoms with Gasteiger partial charge in [0.2, 0.25) is 0 Å². The summed E-state index contributed by atoms with van der Waals surface area (Å²) in [5.41, 5.74) is 3.24. The fourth-order valence-electron chi connectivity index (χ4n) is 5.56. The predicted molar refractivity (Wildman–Crippen MR) is 180 cm³/mol. The van der Waals surface area contributed by atoms with Gasteiger partial charge in [0.25, 0.3) is 0 Å². The molecular weight excluding hydrogens is 488 g/mol. The Bertz CT molecular complexity index is 1990. The van der Waals surface area contributed by atoms with Crippen LogP contribution in [-0.2, 0) is 5.40 Å². The quantitative estimate of drug-likeness (QED) is 0.199. The van der Waals surface area contributed by atoms with Crippen molar-refractivity contribution in [2.75, 3.05) is 0 Å². The van der Waals surface area contributed by atoms with Crippen molar-refractivity contribution in [2.45, 2.75) is 5.40 Å². The van der Waals surface area contributed by atoms with Gasteiger partial charge in [0.05, 0.1) is 16.7 Å². The molecule has 3 nitrogen and oxygen atoms in total. The molecule has 0 fully saturated rings. The molecule has 20 radical (unpaired) electrons. The highest BCUT2D eigenvalue weighted by Crippen LogP contribution is 2.39. The average Bonchev–Trinajstić information content (AvgIpc) is 3.36. The molecule has 0 aliphatic heterocycles. The van der Waals surface area contributed by atoms with E-state index in [-0.39, 0.29) is 55.2 Å². The first-order chi connectivity index (χ1) is 19.4. The smallest absolute Gasteiger partial charge is 0.127 e. The van der Waals surface area contributed by atoms with E-state index in [1.165, 1.54) is 0 Å². The Morgan fingerprint density at radius 3 is 1.49 bits per heavy atom. The molecule has 0 amide bonds. The van der Waals surface area contributed by atoms with E-state index in [0.717, 1.165) is 0 Å². The topological polar surface area (TPSA) is 38.0 Å². The molecule has 1 N–H and O–H groups in total. The number of aromatic nitrogens is 2. The normalized spacial score (nSPS) is 12.0. The zero-order chi connectivity index (χ0) is 29.5. The molecule has 168 valence electrons. The SMILES string of the molecule is [B]c1c([B])c([B])c2c(-n3c(C([B])([B])O)nc4ccccc43)c3c([B])c([B])c([B])c([B])c3c(-c3ccccc3)c2c1[B]. The minimum absolute atomic E-state index is 0.0475. The van der Waals surface area contributed by atoms with Gasteiger partial charge in [-0.25, -0.2) is 4.98 Å². The zero-order valence-electron chi connectivity index (χ0n) is 21.8. The number of nitrogens with zero attached hydrogens (tertiary/aromatic N) is 2. The lowest BCUT2D eigenvalue weighted by atomic mass is 9.60. The lowest BCUT2D eigenvalue weighted by molar-refractivity contribution is 0.205. The summed E-state index contributed by atoms with van der Waals surface area (Å²) < 4.78 is 1.55. The second-order valence-electron chi connectivity index (χ2n) is 9.98. The molecule has 13 heteroatoms. The van der Waals surface area contributed by atoms with Crippen LogP contribution in [0.4, 0.5) is 0 Å². The van der Waals surface area contributed by atoms with Crippen molar-refractivity contribution in [3.05, 3.63) is 60.4 Å². The van der Waals surface area contributed by atoms with E-state index in [4.69, 9.17) is 78.5 Å². The first-order valence-corrected chi connectivity index (χ1v) is 12.5. The summed E-state index contributed by atoms with van der Waals surface area (Å²) in [7, 11) is 64.6. The van der Waals surface area contributed by atoms with E-state index in [1.54, 1.807) is 28.8 Å². The van der Waals surface area contributed by atoms with Crippen molar-refractivity contribution in [1.29, 1.82) is 0 Å². The molecular formula is C28H10B10N2O. The van der Waals surface area contributed by atoms with Crippen LogP contribution in [-0.4, -0.2) is 93.1 Å². The van der Waals surface area contributed by atoms with Crippen molar-refractivity contribution >= 4 is 155 Å². The Morgan fingerprint density at radius 2 is 1.00 bits per heavy atom. The van der Waals surface area contributed by atoms with Gasteiger partial charge in [0, 0.05) is 5.40 Å². The second kappa shape index (κ2) is 9.63. The highest BCUT2D eigenvalue weighted by molar-refractivity contribution is 6.71. The lowest BCUT2D eigenvalue weighted by Crippen LogP contribution is -2.50. The lowest BCUT2D eigenvalue weighted by Gasteiger charge is -2.30. The number of aliphatic hydroxyl groups is 1. The van der Waals surface area contributed by atoms with Gasteiger partial charge < -0.3 is 5.11 Å². The van der Waals surface area contributed by atoms with E-state index < -0.39 is 5.40 Å². The van der Waals surface area contributed by atoms with E-state index >= 15 is 0 Å². The summed E-state index contributed by atoms with van der Waals surface area (Å²) >= 11 is 0. The monoisotopic (exact) mass is 500 g/mol. The van der Waals surface area contributed by atoms with E-state index in [0.29, 0.717) is 43.7 Å². The number of fused-ring (bicyclic) bond motifs is 3. The number of hydrogen-bond donors (Lipinski definition) is 1. The maximum atomic E-state index is 10.9. The van der Waals surface area contributed by atoms with Gasteiger partial charge in [-0.05, 0) is 44.8 Å².